The molecule has 0 aromatic carbocycles. The molecule has 0 saturated heterocycles. The highest BCUT2D eigenvalue weighted by molar-refractivity contribution is 5.75. The van der Waals surface area contributed by atoms with Crippen molar-refractivity contribution in [2.45, 2.75) is 33.2 Å². The third-order valence-electron chi connectivity index (χ3n) is 2.13. The van der Waals surface area contributed by atoms with E-state index in [0.717, 1.165) is 0 Å². The molecule has 0 radical (unpaired) electrons. The molecule has 1 amide bonds. The first-order chi connectivity index (χ1) is 6.61. The van der Waals surface area contributed by atoms with E-state index < -0.39 is 0 Å². The van der Waals surface area contributed by atoms with Crippen molar-refractivity contribution in [3.05, 3.63) is 0 Å². The minimum absolute atomic E-state index is 0.0560. The molecule has 1 unspecified atom stereocenters. The van der Waals surface area contributed by atoms with Crippen LogP contribution in [0.2, 0.25) is 0 Å². The first-order valence-corrected chi connectivity index (χ1v) is 5.22. The van der Waals surface area contributed by atoms with E-state index in [4.69, 9.17) is 5.11 Å². The van der Waals surface area contributed by atoms with Crippen molar-refractivity contribution in [3.63, 3.8) is 0 Å². The van der Waals surface area contributed by atoms with Crippen molar-refractivity contribution in [1.29, 1.82) is 0 Å². The quantitative estimate of drug-likeness (QED) is 0.549. The molecule has 0 rings (SSSR count). The third-order valence-corrected chi connectivity index (χ3v) is 2.13. The van der Waals surface area contributed by atoms with E-state index in [0.29, 0.717) is 25.4 Å². The standard InChI is InChI=1S/C10H22N2O2/c1-4-11-10(14)5-6-12-9(7-13)8(2)3/h8-9,12-13H,4-7H2,1-3H3,(H,11,14). The molecule has 0 aliphatic rings. The van der Waals surface area contributed by atoms with E-state index in [1.54, 1.807) is 0 Å². The maximum atomic E-state index is 11.1. The van der Waals surface area contributed by atoms with Gasteiger partial charge in [0.05, 0.1) is 6.61 Å². The molecule has 0 aromatic heterocycles. The van der Waals surface area contributed by atoms with Crippen LogP contribution in [0.5, 0.6) is 0 Å². The van der Waals surface area contributed by atoms with Gasteiger partial charge >= 0.3 is 0 Å². The highest BCUT2D eigenvalue weighted by Crippen LogP contribution is 1.99. The van der Waals surface area contributed by atoms with Crippen molar-refractivity contribution >= 4 is 5.91 Å². The zero-order chi connectivity index (χ0) is 11.0. The number of nitrogens with one attached hydrogen (secondary N) is 2. The molecule has 0 spiro atoms. The molecule has 0 aromatic rings. The lowest BCUT2D eigenvalue weighted by atomic mass is 10.1. The van der Waals surface area contributed by atoms with Crippen molar-refractivity contribution in [2.75, 3.05) is 19.7 Å². The van der Waals surface area contributed by atoms with Crippen LogP contribution >= 0.6 is 0 Å². The van der Waals surface area contributed by atoms with Gasteiger partial charge in [-0.1, -0.05) is 13.8 Å². The number of aliphatic hydroxyl groups excluding tert-OH is 1. The Labute approximate surface area is 86.1 Å². The van der Waals surface area contributed by atoms with E-state index in [9.17, 15) is 4.79 Å². The Hall–Kier alpha value is -0.610. The fourth-order valence-corrected chi connectivity index (χ4v) is 1.17. The molecular formula is C10H22N2O2. The highest BCUT2D eigenvalue weighted by atomic mass is 16.3. The van der Waals surface area contributed by atoms with Crippen LogP contribution < -0.4 is 10.6 Å². The van der Waals surface area contributed by atoms with Crippen LogP contribution in [0, 0.1) is 5.92 Å². The van der Waals surface area contributed by atoms with E-state index >= 15 is 0 Å². The zero-order valence-corrected chi connectivity index (χ0v) is 9.34. The lowest BCUT2D eigenvalue weighted by Gasteiger charge is -2.19. The van der Waals surface area contributed by atoms with Gasteiger partial charge in [-0.3, -0.25) is 4.79 Å². The monoisotopic (exact) mass is 202 g/mol. The van der Waals surface area contributed by atoms with Gasteiger partial charge < -0.3 is 15.7 Å². The first kappa shape index (κ1) is 13.4. The van der Waals surface area contributed by atoms with Crippen LogP contribution in [0.4, 0.5) is 0 Å². The Morgan fingerprint density at radius 2 is 2.07 bits per heavy atom. The highest BCUT2D eigenvalue weighted by Gasteiger charge is 2.11. The predicted molar refractivity (Wildman–Crippen MR) is 57.0 cm³/mol. The van der Waals surface area contributed by atoms with Gasteiger partial charge in [-0.05, 0) is 12.8 Å². The summed E-state index contributed by atoms with van der Waals surface area (Å²) in [5.74, 6) is 0.440. The minimum atomic E-state index is 0.0560. The van der Waals surface area contributed by atoms with E-state index in [2.05, 4.69) is 10.6 Å². The molecule has 14 heavy (non-hydrogen) atoms. The van der Waals surface area contributed by atoms with Gasteiger partial charge in [0.1, 0.15) is 0 Å². The summed E-state index contributed by atoms with van der Waals surface area (Å²) in [7, 11) is 0. The van der Waals surface area contributed by atoms with Gasteiger partial charge in [-0.2, -0.15) is 0 Å². The van der Waals surface area contributed by atoms with Crippen molar-refractivity contribution < 1.29 is 9.90 Å². The minimum Gasteiger partial charge on any atom is -0.395 e. The average molecular weight is 202 g/mol. The van der Waals surface area contributed by atoms with Crippen LogP contribution in [-0.4, -0.2) is 36.8 Å². The Morgan fingerprint density at radius 1 is 1.43 bits per heavy atom. The zero-order valence-electron chi connectivity index (χ0n) is 9.34. The fourth-order valence-electron chi connectivity index (χ4n) is 1.17. The van der Waals surface area contributed by atoms with Gasteiger partial charge in [0.2, 0.25) is 5.91 Å². The third kappa shape index (κ3) is 5.94. The molecule has 3 N–H and O–H groups in total. The van der Waals surface area contributed by atoms with Gasteiger partial charge in [0.25, 0.3) is 0 Å². The first-order valence-electron chi connectivity index (χ1n) is 5.22. The van der Waals surface area contributed by atoms with Crippen LogP contribution in [-0.2, 0) is 4.79 Å². The maximum absolute atomic E-state index is 11.1. The summed E-state index contributed by atoms with van der Waals surface area (Å²) >= 11 is 0. The largest absolute Gasteiger partial charge is 0.395 e. The van der Waals surface area contributed by atoms with Gasteiger partial charge in [0, 0.05) is 25.6 Å². The summed E-state index contributed by atoms with van der Waals surface area (Å²) in [5, 5.41) is 14.9. The normalized spacial score (nSPS) is 12.9. The summed E-state index contributed by atoms with van der Waals surface area (Å²) < 4.78 is 0. The second-order valence-corrected chi connectivity index (χ2v) is 3.69. The van der Waals surface area contributed by atoms with E-state index in [-0.39, 0.29) is 18.6 Å². The molecule has 0 fully saturated rings. The van der Waals surface area contributed by atoms with Crippen LogP contribution in [0.3, 0.4) is 0 Å². The summed E-state index contributed by atoms with van der Waals surface area (Å²) in [6, 6.07) is 0.0874. The van der Waals surface area contributed by atoms with Crippen molar-refractivity contribution in [3.8, 4) is 0 Å². The predicted octanol–water partition coefficient (Wildman–Crippen LogP) is 0.119. The van der Waals surface area contributed by atoms with Crippen LogP contribution in [0.1, 0.15) is 27.2 Å². The lowest BCUT2D eigenvalue weighted by molar-refractivity contribution is -0.120. The average Bonchev–Trinajstić information content (AvgIpc) is 2.12. The van der Waals surface area contributed by atoms with E-state index in [1.165, 1.54) is 0 Å². The molecule has 0 bridgehead atoms. The van der Waals surface area contributed by atoms with Gasteiger partial charge in [-0.25, -0.2) is 0 Å². The number of carbonyl (C=O) groups is 1. The Balaban J connectivity index is 3.56. The SMILES string of the molecule is CCNC(=O)CCNC(CO)C(C)C. The number of hydrogen-bond acceptors (Lipinski definition) is 3. The molecule has 0 heterocycles. The van der Waals surface area contributed by atoms with E-state index in [1.807, 2.05) is 20.8 Å². The molecular weight excluding hydrogens is 180 g/mol. The lowest BCUT2D eigenvalue weighted by Crippen LogP contribution is -2.39. The fraction of sp³-hybridized carbons (Fsp3) is 0.900. The number of amides is 1. The van der Waals surface area contributed by atoms with Gasteiger partial charge in [0.15, 0.2) is 0 Å². The van der Waals surface area contributed by atoms with Crippen LogP contribution in [0.15, 0.2) is 0 Å². The molecule has 4 nitrogen and oxygen atoms in total. The summed E-state index contributed by atoms with van der Waals surface area (Å²) in [6.45, 7) is 7.39. The molecule has 0 saturated carbocycles. The molecule has 4 heteroatoms. The molecule has 0 aliphatic carbocycles. The Kier molecular flexibility index (Phi) is 7.42. The summed E-state index contributed by atoms with van der Waals surface area (Å²) in [5.41, 5.74) is 0. The molecule has 0 aliphatic heterocycles. The molecule has 84 valence electrons. The molecule has 1 atom stereocenters. The number of hydrogen-bond donors (Lipinski definition) is 3. The number of carbonyl (C=O) groups excluding carboxylic acids is 1. The Bertz CT molecular complexity index is 160. The Morgan fingerprint density at radius 3 is 2.50 bits per heavy atom. The number of aliphatic hydroxyl groups is 1. The summed E-state index contributed by atoms with van der Waals surface area (Å²) in [6.07, 6.45) is 0.469. The second-order valence-electron chi connectivity index (χ2n) is 3.69. The van der Waals surface area contributed by atoms with Crippen molar-refractivity contribution in [1.82, 2.24) is 10.6 Å². The second kappa shape index (κ2) is 7.76. The van der Waals surface area contributed by atoms with Gasteiger partial charge in [-0.15, -0.1) is 0 Å². The van der Waals surface area contributed by atoms with Crippen LogP contribution in [0.25, 0.3) is 0 Å². The summed E-state index contributed by atoms with van der Waals surface area (Å²) in [4.78, 5) is 11.1. The topological polar surface area (TPSA) is 61.4 Å². The number of rotatable bonds is 7. The maximum Gasteiger partial charge on any atom is 0.221 e. The smallest absolute Gasteiger partial charge is 0.221 e. The van der Waals surface area contributed by atoms with Crippen molar-refractivity contribution in [2.24, 2.45) is 5.92 Å².